The number of aliphatic imine (C=N–C) groups is 1. The molecule has 0 aromatic carbocycles. The summed E-state index contributed by atoms with van der Waals surface area (Å²) in [6.45, 7) is 1.94. The molecule has 2 nitrogen and oxygen atoms in total. The van der Waals surface area contributed by atoms with Gasteiger partial charge in [0, 0.05) is 13.3 Å². The Kier molecular flexibility index (Phi) is 5.44. The second-order valence-electron chi connectivity index (χ2n) is 1.68. The lowest BCUT2D eigenvalue weighted by atomic mass is 10.4. The molecule has 0 amide bonds. The van der Waals surface area contributed by atoms with E-state index in [0.717, 1.165) is 5.76 Å². The number of rotatable bonds is 3. The van der Waals surface area contributed by atoms with Gasteiger partial charge in [-0.3, -0.25) is 4.99 Å². The van der Waals surface area contributed by atoms with Crippen LogP contribution < -0.4 is 0 Å². The molecule has 0 spiro atoms. The van der Waals surface area contributed by atoms with Gasteiger partial charge in [0.1, 0.15) is 5.76 Å². The van der Waals surface area contributed by atoms with Crippen LogP contribution in [0.3, 0.4) is 0 Å². The van der Waals surface area contributed by atoms with E-state index < -0.39 is 0 Å². The van der Waals surface area contributed by atoms with Crippen LogP contribution in [0.15, 0.2) is 29.0 Å². The number of ether oxygens (including phenoxy) is 1. The Balaban J connectivity index is 4.04. The molecule has 0 heterocycles. The van der Waals surface area contributed by atoms with Crippen molar-refractivity contribution in [3.8, 4) is 0 Å². The quantitative estimate of drug-likeness (QED) is 0.332. The van der Waals surface area contributed by atoms with E-state index >= 15 is 0 Å². The number of allylic oxidation sites excluding steroid dienone is 3. The molecule has 0 atom stereocenters. The molecular weight excluding hydrogens is 126 g/mol. The fourth-order valence-corrected chi connectivity index (χ4v) is 0.504. The molecule has 0 N–H and O–H groups in total. The van der Waals surface area contributed by atoms with Gasteiger partial charge in [0.2, 0.25) is 0 Å². The van der Waals surface area contributed by atoms with Crippen LogP contribution in [0, 0.1) is 0 Å². The molecule has 0 bridgehead atoms. The Morgan fingerprint density at radius 3 is 2.60 bits per heavy atom. The first-order chi connectivity index (χ1) is 4.85. The van der Waals surface area contributed by atoms with Crippen LogP contribution in [-0.2, 0) is 4.74 Å². The minimum absolute atomic E-state index is 0.813. The van der Waals surface area contributed by atoms with Gasteiger partial charge >= 0.3 is 0 Å². The summed E-state index contributed by atoms with van der Waals surface area (Å²) in [6.07, 6.45) is 7.29. The molecule has 0 aromatic rings. The van der Waals surface area contributed by atoms with Crippen molar-refractivity contribution in [3.63, 3.8) is 0 Å². The average Bonchev–Trinajstić information content (AvgIpc) is 1.98. The van der Waals surface area contributed by atoms with Crippen molar-refractivity contribution in [1.29, 1.82) is 0 Å². The first kappa shape index (κ1) is 8.95. The number of methoxy groups -OCH3 is 1. The van der Waals surface area contributed by atoms with Crippen molar-refractivity contribution in [1.82, 2.24) is 0 Å². The zero-order valence-corrected chi connectivity index (χ0v) is 6.66. The molecule has 0 aliphatic carbocycles. The van der Waals surface area contributed by atoms with Crippen LogP contribution in [-0.4, -0.2) is 20.4 Å². The summed E-state index contributed by atoms with van der Waals surface area (Å²) in [5, 5.41) is 0. The number of hydrogen-bond acceptors (Lipinski definition) is 2. The van der Waals surface area contributed by atoms with E-state index in [1.807, 2.05) is 19.1 Å². The molecule has 0 saturated carbocycles. The minimum Gasteiger partial charge on any atom is -0.497 e. The molecule has 0 aromatic heterocycles. The fraction of sp³-hybridized carbons (Fsp3) is 0.375. The van der Waals surface area contributed by atoms with Crippen LogP contribution in [0.2, 0.25) is 0 Å². The molecule has 0 rings (SSSR count). The van der Waals surface area contributed by atoms with Crippen molar-refractivity contribution in [3.05, 3.63) is 24.0 Å². The van der Waals surface area contributed by atoms with Gasteiger partial charge in [-0.05, 0) is 19.1 Å². The zero-order chi connectivity index (χ0) is 7.82. The smallest absolute Gasteiger partial charge is 0.120 e. The molecule has 56 valence electrons. The molecule has 0 fully saturated rings. The topological polar surface area (TPSA) is 21.6 Å². The largest absolute Gasteiger partial charge is 0.497 e. The third-order valence-electron chi connectivity index (χ3n) is 0.955. The average molecular weight is 139 g/mol. The van der Waals surface area contributed by atoms with Crippen LogP contribution in [0.25, 0.3) is 0 Å². The maximum atomic E-state index is 4.98. The van der Waals surface area contributed by atoms with Crippen LogP contribution in [0.1, 0.15) is 6.92 Å². The molecule has 0 saturated heterocycles. The van der Waals surface area contributed by atoms with E-state index in [1.165, 1.54) is 0 Å². The SMILES string of the molecule is C\C=C/C(=C\C=N\C)OC. The van der Waals surface area contributed by atoms with Crippen molar-refractivity contribution in [2.75, 3.05) is 14.2 Å². The molecular formula is C8H13NO. The zero-order valence-electron chi connectivity index (χ0n) is 6.66. The van der Waals surface area contributed by atoms with Crippen molar-refractivity contribution < 1.29 is 4.74 Å². The predicted octanol–water partition coefficient (Wildman–Crippen LogP) is 1.79. The molecule has 0 aliphatic heterocycles. The lowest BCUT2D eigenvalue weighted by Gasteiger charge is -1.95. The molecule has 0 radical (unpaired) electrons. The van der Waals surface area contributed by atoms with E-state index in [2.05, 4.69) is 4.99 Å². The third kappa shape index (κ3) is 3.89. The van der Waals surface area contributed by atoms with E-state index in [9.17, 15) is 0 Å². The summed E-state index contributed by atoms with van der Waals surface area (Å²) in [5.41, 5.74) is 0. The van der Waals surface area contributed by atoms with Crippen LogP contribution >= 0.6 is 0 Å². The van der Waals surface area contributed by atoms with Crippen molar-refractivity contribution in [2.45, 2.75) is 6.92 Å². The lowest BCUT2D eigenvalue weighted by molar-refractivity contribution is 0.307. The number of nitrogens with zero attached hydrogens (tertiary/aromatic N) is 1. The Morgan fingerprint density at radius 1 is 1.50 bits per heavy atom. The van der Waals surface area contributed by atoms with Gasteiger partial charge < -0.3 is 4.74 Å². The molecule has 0 aliphatic rings. The summed E-state index contributed by atoms with van der Waals surface area (Å²) in [6, 6.07) is 0. The highest BCUT2D eigenvalue weighted by molar-refractivity contribution is 5.72. The van der Waals surface area contributed by atoms with Gasteiger partial charge in [0.05, 0.1) is 7.11 Å². The normalized spacial score (nSPS) is 13.3. The maximum absolute atomic E-state index is 4.98. The minimum atomic E-state index is 0.813. The Hall–Kier alpha value is -1.05. The second kappa shape index (κ2) is 6.08. The highest BCUT2D eigenvalue weighted by Crippen LogP contribution is 1.94. The van der Waals surface area contributed by atoms with E-state index in [0.29, 0.717) is 0 Å². The Bertz CT molecular complexity index is 157. The van der Waals surface area contributed by atoms with E-state index in [1.54, 1.807) is 26.4 Å². The van der Waals surface area contributed by atoms with E-state index in [4.69, 9.17) is 4.74 Å². The lowest BCUT2D eigenvalue weighted by Crippen LogP contribution is -1.81. The standard InChI is InChI=1S/C8H13NO/c1-4-5-8(10-3)6-7-9-2/h4-7H,1-3H3/b5-4-,8-6+,9-7+. The summed E-state index contributed by atoms with van der Waals surface area (Å²) in [7, 11) is 3.36. The van der Waals surface area contributed by atoms with E-state index in [-0.39, 0.29) is 0 Å². The highest BCUT2D eigenvalue weighted by Gasteiger charge is 1.82. The summed E-state index contributed by atoms with van der Waals surface area (Å²) in [5.74, 6) is 0.813. The first-order valence-corrected chi connectivity index (χ1v) is 3.14. The first-order valence-electron chi connectivity index (χ1n) is 3.14. The predicted molar refractivity (Wildman–Crippen MR) is 44.3 cm³/mol. The molecule has 0 unspecified atom stereocenters. The summed E-state index contributed by atoms with van der Waals surface area (Å²) >= 11 is 0. The van der Waals surface area contributed by atoms with Gasteiger partial charge in [-0.15, -0.1) is 0 Å². The Morgan fingerprint density at radius 2 is 2.20 bits per heavy atom. The van der Waals surface area contributed by atoms with Gasteiger partial charge in [-0.2, -0.15) is 0 Å². The van der Waals surface area contributed by atoms with Gasteiger partial charge in [-0.25, -0.2) is 0 Å². The van der Waals surface area contributed by atoms with Gasteiger partial charge in [0.15, 0.2) is 0 Å². The van der Waals surface area contributed by atoms with Crippen LogP contribution in [0.5, 0.6) is 0 Å². The summed E-state index contributed by atoms with van der Waals surface area (Å²) < 4.78 is 4.98. The second-order valence-corrected chi connectivity index (χ2v) is 1.68. The van der Waals surface area contributed by atoms with Gasteiger partial charge in [-0.1, -0.05) is 6.08 Å². The maximum Gasteiger partial charge on any atom is 0.120 e. The number of hydrogen-bond donors (Lipinski definition) is 0. The van der Waals surface area contributed by atoms with Crippen molar-refractivity contribution >= 4 is 6.21 Å². The molecule has 10 heavy (non-hydrogen) atoms. The summed E-state index contributed by atoms with van der Waals surface area (Å²) in [4.78, 5) is 3.79. The van der Waals surface area contributed by atoms with Crippen LogP contribution in [0.4, 0.5) is 0 Å². The highest BCUT2D eigenvalue weighted by atomic mass is 16.5. The van der Waals surface area contributed by atoms with Gasteiger partial charge in [0.25, 0.3) is 0 Å². The monoisotopic (exact) mass is 139 g/mol. The Labute approximate surface area is 61.9 Å². The van der Waals surface area contributed by atoms with Crippen molar-refractivity contribution in [2.24, 2.45) is 4.99 Å². The molecule has 2 heteroatoms. The third-order valence-corrected chi connectivity index (χ3v) is 0.955. The fourth-order valence-electron chi connectivity index (χ4n) is 0.504.